The summed E-state index contributed by atoms with van der Waals surface area (Å²) in [5, 5.41) is 0.411. The van der Waals surface area contributed by atoms with Gasteiger partial charge in [-0.2, -0.15) is 0 Å². The lowest BCUT2D eigenvalue weighted by Gasteiger charge is -2.09. The predicted octanol–water partition coefficient (Wildman–Crippen LogP) is 2.51. The number of aryl methyl sites for hydroxylation is 1. The van der Waals surface area contributed by atoms with E-state index in [2.05, 4.69) is 9.97 Å². The number of nitrogens with two attached hydrogens (primary N) is 1. The van der Waals surface area contributed by atoms with Crippen molar-refractivity contribution < 1.29 is 4.39 Å². The first-order valence-corrected chi connectivity index (χ1v) is 7.71. The van der Waals surface area contributed by atoms with Crippen molar-refractivity contribution in [1.29, 1.82) is 0 Å². The quantitative estimate of drug-likeness (QED) is 0.804. The molecule has 0 saturated heterocycles. The Hall–Kier alpha value is -1.66. The number of nitrogens with one attached hydrogen (secondary N) is 1. The Balaban J connectivity index is 2.35. The molecule has 0 fully saturated rings. The van der Waals surface area contributed by atoms with Crippen LogP contribution in [0.4, 0.5) is 4.39 Å². The van der Waals surface area contributed by atoms with Crippen LogP contribution in [-0.4, -0.2) is 16.5 Å². The van der Waals surface area contributed by atoms with Crippen LogP contribution in [0.15, 0.2) is 39.1 Å². The number of hydrogen-bond donors (Lipinski definition) is 2. The van der Waals surface area contributed by atoms with Crippen molar-refractivity contribution in [3.63, 3.8) is 0 Å². The van der Waals surface area contributed by atoms with Gasteiger partial charge in [0.1, 0.15) is 5.82 Å². The van der Waals surface area contributed by atoms with Gasteiger partial charge in [0.25, 0.3) is 5.56 Å². The lowest BCUT2D eigenvalue weighted by atomic mass is 10.1. The minimum absolute atomic E-state index is 0.215. The molecule has 112 valence electrons. The lowest BCUT2D eigenvalue weighted by Crippen LogP contribution is -2.10. The number of nitrogens with zero attached hydrogens (tertiary/aromatic N) is 1. The normalized spacial score (nSPS) is 10.8. The highest BCUT2D eigenvalue weighted by atomic mass is 32.2. The average Bonchev–Trinajstić information content (AvgIpc) is 2.43. The largest absolute Gasteiger partial charge is 0.330 e. The third-order valence-corrected chi connectivity index (χ3v) is 3.99. The first-order valence-electron chi connectivity index (χ1n) is 6.89. The predicted molar refractivity (Wildman–Crippen MR) is 82.1 cm³/mol. The van der Waals surface area contributed by atoms with Crippen LogP contribution in [0.5, 0.6) is 0 Å². The Labute approximate surface area is 127 Å². The molecule has 1 aromatic carbocycles. The topological polar surface area (TPSA) is 71.8 Å². The van der Waals surface area contributed by atoms with E-state index in [0.717, 1.165) is 35.9 Å². The summed E-state index contributed by atoms with van der Waals surface area (Å²) < 4.78 is 14.0. The minimum atomic E-state index is -0.325. The van der Waals surface area contributed by atoms with Crippen LogP contribution in [0.1, 0.15) is 24.6 Å². The molecule has 0 spiro atoms. The number of rotatable bonds is 6. The Bertz CT molecular complexity index is 672. The molecule has 0 radical (unpaired) electrons. The van der Waals surface area contributed by atoms with Crippen LogP contribution in [0.3, 0.4) is 0 Å². The van der Waals surface area contributed by atoms with Gasteiger partial charge in [0.2, 0.25) is 0 Å². The third-order valence-electron chi connectivity index (χ3n) is 2.94. The summed E-state index contributed by atoms with van der Waals surface area (Å²) in [6.07, 6.45) is 2.21. The van der Waals surface area contributed by atoms with Gasteiger partial charge in [-0.25, -0.2) is 9.37 Å². The molecule has 1 heterocycles. The molecule has 0 bridgehead atoms. The summed E-state index contributed by atoms with van der Waals surface area (Å²) in [6, 6.07) is 6.38. The fourth-order valence-corrected chi connectivity index (χ4v) is 3.01. The van der Waals surface area contributed by atoms with Gasteiger partial charge in [-0.1, -0.05) is 25.5 Å². The maximum absolute atomic E-state index is 14.0. The van der Waals surface area contributed by atoms with Gasteiger partial charge < -0.3 is 10.7 Å². The van der Waals surface area contributed by atoms with Gasteiger partial charge >= 0.3 is 0 Å². The van der Waals surface area contributed by atoms with Crippen molar-refractivity contribution in [1.82, 2.24) is 9.97 Å². The first-order chi connectivity index (χ1) is 10.1. The molecule has 2 aromatic rings. The van der Waals surface area contributed by atoms with Gasteiger partial charge in [0, 0.05) is 11.8 Å². The summed E-state index contributed by atoms with van der Waals surface area (Å²) in [5.41, 5.74) is 6.89. The summed E-state index contributed by atoms with van der Waals surface area (Å²) in [5.74, 6) is -0.325. The maximum Gasteiger partial charge on any atom is 0.251 e. The van der Waals surface area contributed by atoms with E-state index in [1.165, 1.54) is 12.1 Å². The van der Waals surface area contributed by atoms with Crippen LogP contribution in [-0.2, 0) is 12.8 Å². The molecule has 0 amide bonds. The van der Waals surface area contributed by atoms with Crippen LogP contribution >= 0.6 is 11.8 Å². The summed E-state index contributed by atoms with van der Waals surface area (Å²) in [4.78, 5) is 19.1. The second-order valence-electron chi connectivity index (χ2n) is 4.66. The summed E-state index contributed by atoms with van der Waals surface area (Å²) in [7, 11) is 0. The average molecular weight is 307 g/mol. The fourth-order valence-electron chi connectivity index (χ4n) is 2.03. The van der Waals surface area contributed by atoms with E-state index in [1.807, 2.05) is 13.0 Å². The van der Waals surface area contributed by atoms with E-state index in [-0.39, 0.29) is 11.4 Å². The van der Waals surface area contributed by atoms with Crippen molar-refractivity contribution in [2.24, 2.45) is 5.73 Å². The van der Waals surface area contributed by atoms with Crippen molar-refractivity contribution in [2.45, 2.75) is 36.2 Å². The van der Waals surface area contributed by atoms with Gasteiger partial charge in [0.05, 0.1) is 4.90 Å². The van der Waals surface area contributed by atoms with Gasteiger partial charge in [-0.05, 0) is 42.8 Å². The van der Waals surface area contributed by atoms with E-state index in [9.17, 15) is 9.18 Å². The Morgan fingerprint density at radius 3 is 2.90 bits per heavy atom. The smallest absolute Gasteiger partial charge is 0.251 e. The molecule has 21 heavy (non-hydrogen) atoms. The zero-order valence-corrected chi connectivity index (χ0v) is 12.7. The number of aromatic amines is 1. The van der Waals surface area contributed by atoms with Gasteiger partial charge in [0.15, 0.2) is 5.16 Å². The SMILES string of the molecule is CCCc1cc(=O)[nH]c(Sc2c(F)cccc2CCN)n1. The number of aromatic nitrogens is 2. The highest BCUT2D eigenvalue weighted by Gasteiger charge is 2.12. The highest BCUT2D eigenvalue weighted by molar-refractivity contribution is 7.99. The molecule has 2 rings (SSSR count). The van der Waals surface area contributed by atoms with Crippen molar-refractivity contribution in [2.75, 3.05) is 6.54 Å². The second kappa shape index (κ2) is 7.38. The molecular weight excluding hydrogens is 289 g/mol. The van der Waals surface area contributed by atoms with Gasteiger partial charge in [-0.15, -0.1) is 0 Å². The van der Waals surface area contributed by atoms with Crippen LogP contribution in [0.2, 0.25) is 0 Å². The third kappa shape index (κ3) is 4.15. The Kier molecular flexibility index (Phi) is 5.52. The fraction of sp³-hybridized carbons (Fsp3) is 0.333. The maximum atomic E-state index is 14.0. The molecule has 0 aliphatic heterocycles. The van der Waals surface area contributed by atoms with Crippen LogP contribution in [0.25, 0.3) is 0 Å². The molecule has 6 heteroatoms. The van der Waals surface area contributed by atoms with E-state index in [1.54, 1.807) is 6.07 Å². The molecule has 1 aromatic heterocycles. The van der Waals surface area contributed by atoms with E-state index < -0.39 is 0 Å². The molecule has 4 nitrogen and oxygen atoms in total. The number of benzene rings is 1. The van der Waals surface area contributed by atoms with E-state index in [0.29, 0.717) is 23.0 Å². The van der Waals surface area contributed by atoms with E-state index >= 15 is 0 Å². The van der Waals surface area contributed by atoms with Crippen molar-refractivity contribution in [3.05, 3.63) is 51.7 Å². The van der Waals surface area contributed by atoms with Crippen LogP contribution in [0, 0.1) is 5.82 Å². The first kappa shape index (κ1) is 15.7. The minimum Gasteiger partial charge on any atom is -0.330 e. The van der Waals surface area contributed by atoms with E-state index in [4.69, 9.17) is 5.73 Å². The standard InChI is InChI=1S/C15H18FN3OS/c1-2-4-11-9-13(20)19-15(18-11)21-14-10(7-8-17)5-3-6-12(14)16/h3,5-6,9H,2,4,7-8,17H2,1H3,(H,18,19,20). The Morgan fingerprint density at radius 2 is 2.19 bits per heavy atom. The number of halogens is 1. The molecule has 3 N–H and O–H groups in total. The van der Waals surface area contributed by atoms with Gasteiger partial charge in [-0.3, -0.25) is 4.79 Å². The molecular formula is C15H18FN3OS. The zero-order valence-electron chi connectivity index (χ0n) is 11.9. The molecule has 0 unspecified atom stereocenters. The molecule has 0 atom stereocenters. The number of H-pyrrole nitrogens is 1. The number of hydrogen-bond acceptors (Lipinski definition) is 4. The summed E-state index contributed by atoms with van der Waals surface area (Å²) >= 11 is 1.14. The van der Waals surface area contributed by atoms with Crippen LogP contribution < -0.4 is 11.3 Å². The van der Waals surface area contributed by atoms with Crippen molar-refractivity contribution in [3.8, 4) is 0 Å². The molecule has 0 saturated carbocycles. The summed E-state index contributed by atoms with van der Waals surface area (Å²) in [6.45, 7) is 2.46. The molecule has 0 aliphatic carbocycles. The monoisotopic (exact) mass is 307 g/mol. The molecule has 0 aliphatic rings. The Morgan fingerprint density at radius 1 is 1.38 bits per heavy atom. The highest BCUT2D eigenvalue weighted by Crippen LogP contribution is 2.30. The lowest BCUT2D eigenvalue weighted by molar-refractivity contribution is 0.596. The second-order valence-corrected chi connectivity index (χ2v) is 5.66. The zero-order chi connectivity index (χ0) is 15.2. The van der Waals surface area contributed by atoms with Crippen molar-refractivity contribution >= 4 is 11.8 Å².